The second kappa shape index (κ2) is 8.63. The Morgan fingerprint density at radius 3 is 2.40 bits per heavy atom. The van der Waals surface area contributed by atoms with Crippen LogP contribution < -0.4 is 0 Å². The van der Waals surface area contributed by atoms with Crippen molar-refractivity contribution in [3.05, 3.63) is 35.9 Å². The standard InChI is InChI=1S/C19H28N2O3S/c1-4-20(5-2)25(23,24)18-12-9-17(10-13-18)11-14-19(22)21-15-7-6-8-16(21)3/h9-14,16H,4-8,15H2,1-3H3. The first-order chi connectivity index (χ1) is 11.9. The Bertz CT molecular complexity index is 707. The third-order valence-corrected chi connectivity index (χ3v) is 6.79. The molecule has 25 heavy (non-hydrogen) atoms. The third kappa shape index (κ3) is 4.70. The molecule has 1 atom stereocenters. The predicted octanol–water partition coefficient (Wildman–Crippen LogP) is 3.13. The Labute approximate surface area is 151 Å². The highest BCUT2D eigenvalue weighted by Crippen LogP contribution is 2.18. The molecule has 1 heterocycles. The van der Waals surface area contributed by atoms with E-state index in [4.69, 9.17) is 0 Å². The molecule has 0 spiro atoms. The van der Waals surface area contributed by atoms with Crippen molar-refractivity contribution in [3.8, 4) is 0 Å². The second-order valence-electron chi connectivity index (χ2n) is 6.37. The normalized spacial score (nSPS) is 18.9. The number of hydrogen-bond acceptors (Lipinski definition) is 3. The van der Waals surface area contributed by atoms with Crippen molar-refractivity contribution >= 4 is 22.0 Å². The molecular weight excluding hydrogens is 336 g/mol. The minimum absolute atomic E-state index is 0.0204. The van der Waals surface area contributed by atoms with Crippen LogP contribution in [0.4, 0.5) is 0 Å². The van der Waals surface area contributed by atoms with E-state index in [9.17, 15) is 13.2 Å². The van der Waals surface area contributed by atoms with E-state index < -0.39 is 10.0 Å². The van der Waals surface area contributed by atoms with Crippen LogP contribution in [0.25, 0.3) is 6.08 Å². The SMILES string of the molecule is CCN(CC)S(=O)(=O)c1ccc(C=CC(=O)N2CCCCC2C)cc1. The van der Waals surface area contributed by atoms with Crippen LogP contribution in [-0.4, -0.2) is 49.2 Å². The largest absolute Gasteiger partial charge is 0.336 e. The summed E-state index contributed by atoms with van der Waals surface area (Å²) in [5.41, 5.74) is 0.816. The van der Waals surface area contributed by atoms with E-state index >= 15 is 0 Å². The summed E-state index contributed by atoms with van der Waals surface area (Å²) in [6, 6.07) is 6.95. The zero-order valence-corrected chi connectivity index (χ0v) is 16.1. The average Bonchev–Trinajstić information content (AvgIpc) is 2.61. The number of piperidine rings is 1. The Balaban J connectivity index is 2.08. The third-order valence-electron chi connectivity index (χ3n) is 4.73. The summed E-state index contributed by atoms with van der Waals surface area (Å²) in [4.78, 5) is 14.5. The zero-order valence-electron chi connectivity index (χ0n) is 15.3. The van der Waals surface area contributed by atoms with E-state index in [-0.39, 0.29) is 16.8 Å². The maximum absolute atomic E-state index is 12.5. The fourth-order valence-electron chi connectivity index (χ4n) is 3.15. The van der Waals surface area contributed by atoms with Crippen molar-refractivity contribution in [1.82, 2.24) is 9.21 Å². The first-order valence-electron chi connectivity index (χ1n) is 8.99. The molecule has 1 fully saturated rings. The molecule has 1 aliphatic heterocycles. The molecule has 1 amide bonds. The van der Waals surface area contributed by atoms with E-state index in [2.05, 4.69) is 6.92 Å². The van der Waals surface area contributed by atoms with Gasteiger partial charge in [-0.3, -0.25) is 4.79 Å². The Morgan fingerprint density at radius 2 is 1.84 bits per heavy atom. The van der Waals surface area contributed by atoms with Crippen LogP contribution in [-0.2, 0) is 14.8 Å². The number of carbonyl (C=O) groups excluding carboxylic acids is 1. The molecule has 0 radical (unpaired) electrons. The van der Waals surface area contributed by atoms with Crippen molar-refractivity contribution < 1.29 is 13.2 Å². The van der Waals surface area contributed by atoms with Gasteiger partial charge in [0.25, 0.3) is 0 Å². The van der Waals surface area contributed by atoms with Gasteiger partial charge < -0.3 is 4.90 Å². The number of rotatable bonds is 6. The molecule has 1 aromatic rings. The minimum Gasteiger partial charge on any atom is -0.336 e. The summed E-state index contributed by atoms with van der Waals surface area (Å²) in [5.74, 6) is 0.0204. The van der Waals surface area contributed by atoms with Crippen molar-refractivity contribution in [1.29, 1.82) is 0 Å². The molecule has 5 nitrogen and oxygen atoms in total. The number of nitrogens with zero attached hydrogens (tertiary/aromatic N) is 2. The number of sulfonamides is 1. The molecule has 0 saturated carbocycles. The van der Waals surface area contributed by atoms with Gasteiger partial charge >= 0.3 is 0 Å². The van der Waals surface area contributed by atoms with Gasteiger partial charge in [0, 0.05) is 31.8 Å². The average molecular weight is 365 g/mol. The minimum atomic E-state index is -3.44. The summed E-state index contributed by atoms with van der Waals surface area (Å²) in [5, 5.41) is 0. The van der Waals surface area contributed by atoms with E-state index in [1.54, 1.807) is 36.4 Å². The molecule has 0 aliphatic carbocycles. The van der Waals surface area contributed by atoms with E-state index in [0.717, 1.165) is 24.9 Å². The topological polar surface area (TPSA) is 57.7 Å². The number of likely N-dealkylation sites (tertiary alicyclic amines) is 1. The maximum Gasteiger partial charge on any atom is 0.246 e. The molecule has 1 aliphatic rings. The first-order valence-corrected chi connectivity index (χ1v) is 10.4. The number of carbonyl (C=O) groups is 1. The molecule has 1 aromatic carbocycles. The molecule has 2 rings (SSSR count). The summed E-state index contributed by atoms with van der Waals surface area (Å²) < 4.78 is 26.4. The molecule has 0 N–H and O–H groups in total. The van der Waals surface area contributed by atoms with Gasteiger partial charge in [-0.25, -0.2) is 8.42 Å². The van der Waals surface area contributed by atoms with Crippen molar-refractivity contribution in [2.45, 2.75) is 51.0 Å². The summed E-state index contributed by atoms with van der Waals surface area (Å²) in [7, 11) is -3.44. The monoisotopic (exact) mass is 364 g/mol. The Morgan fingerprint density at radius 1 is 1.20 bits per heavy atom. The fraction of sp³-hybridized carbons (Fsp3) is 0.526. The van der Waals surface area contributed by atoms with Gasteiger partial charge in [-0.15, -0.1) is 0 Å². The zero-order chi connectivity index (χ0) is 18.4. The van der Waals surface area contributed by atoms with Gasteiger partial charge in [0.1, 0.15) is 0 Å². The number of amides is 1. The van der Waals surface area contributed by atoms with Crippen LogP contribution in [0.2, 0.25) is 0 Å². The molecule has 0 bridgehead atoms. The highest BCUT2D eigenvalue weighted by Gasteiger charge is 2.22. The fourth-order valence-corrected chi connectivity index (χ4v) is 4.61. The smallest absolute Gasteiger partial charge is 0.246 e. The van der Waals surface area contributed by atoms with Gasteiger partial charge in [0.05, 0.1) is 4.90 Å². The van der Waals surface area contributed by atoms with Crippen LogP contribution in [0.1, 0.15) is 45.6 Å². The van der Waals surface area contributed by atoms with Crippen LogP contribution >= 0.6 is 0 Å². The van der Waals surface area contributed by atoms with E-state index in [0.29, 0.717) is 13.1 Å². The van der Waals surface area contributed by atoms with Crippen LogP contribution in [0.15, 0.2) is 35.2 Å². The Kier molecular flexibility index (Phi) is 6.79. The predicted molar refractivity (Wildman–Crippen MR) is 101 cm³/mol. The molecule has 6 heteroatoms. The number of benzene rings is 1. The molecule has 138 valence electrons. The lowest BCUT2D eigenvalue weighted by Crippen LogP contribution is -2.41. The highest BCUT2D eigenvalue weighted by molar-refractivity contribution is 7.89. The molecular formula is C19H28N2O3S. The van der Waals surface area contributed by atoms with Crippen LogP contribution in [0.5, 0.6) is 0 Å². The van der Waals surface area contributed by atoms with E-state index in [1.165, 1.54) is 10.7 Å². The molecule has 1 unspecified atom stereocenters. The lowest BCUT2D eigenvalue weighted by atomic mass is 10.0. The molecule has 0 aromatic heterocycles. The van der Waals surface area contributed by atoms with Crippen LogP contribution in [0.3, 0.4) is 0 Å². The van der Waals surface area contributed by atoms with Crippen molar-refractivity contribution in [2.75, 3.05) is 19.6 Å². The van der Waals surface area contributed by atoms with Crippen molar-refractivity contribution in [2.24, 2.45) is 0 Å². The van der Waals surface area contributed by atoms with Gasteiger partial charge in [0.15, 0.2) is 0 Å². The van der Waals surface area contributed by atoms with Gasteiger partial charge in [0.2, 0.25) is 15.9 Å². The van der Waals surface area contributed by atoms with Crippen LogP contribution in [0, 0.1) is 0 Å². The van der Waals surface area contributed by atoms with Crippen molar-refractivity contribution in [3.63, 3.8) is 0 Å². The summed E-state index contributed by atoms with van der Waals surface area (Å²) in [6.07, 6.45) is 6.61. The lowest BCUT2D eigenvalue weighted by molar-refractivity contribution is -0.129. The second-order valence-corrected chi connectivity index (χ2v) is 8.31. The maximum atomic E-state index is 12.5. The van der Waals surface area contributed by atoms with Gasteiger partial charge in [-0.1, -0.05) is 26.0 Å². The van der Waals surface area contributed by atoms with Gasteiger partial charge in [-0.05, 0) is 50.0 Å². The molecule has 1 saturated heterocycles. The number of hydrogen-bond donors (Lipinski definition) is 0. The first kappa shape index (κ1) is 19.7. The summed E-state index contributed by atoms with van der Waals surface area (Å²) >= 11 is 0. The lowest BCUT2D eigenvalue weighted by Gasteiger charge is -2.32. The quantitative estimate of drug-likeness (QED) is 0.729. The Hall–Kier alpha value is -1.66. The summed E-state index contributed by atoms with van der Waals surface area (Å²) in [6.45, 7) is 7.44. The van der Waals surface area contributed by atoms with Gasteiger partial charge in [-0.2, -0.15) is 4.31 Å². The highest BCUT2D eigenvalue weighted by atomic mass is 32.2. The van der Waals surface area contributed by atoms with E-state index in [1.807, 2.05) is 18.7 Å².